The molecule has 0 aliphatic heterocycles. The zero-order valence-corrected chi connectivity index (χ0v) is 12.9. The molecule has 0 radical (unpaired) electrons. The van der Waals surface area contributed by atoms with Gasteiger partial charge in [0.05, 0.1) is 13.2 Å². The van der Waals surface area contributed by atoms with Crippen molar-refractivity contribution in [2.45, 2.75) is 31.0 Å². The summed E-state index contributed by atoms with van der Waals surface area (Å²) in [6.07, 6.45) is 2.69. The van der Waals surface area contributed by atoms with Crippen molar-refractivity contribution in [2.24, 2.45) is 0 Å². The largest absolute Gasteiger partial charge is 0.497 e. The number of hydrogen-bond acceptors (Lipinski definition) is 4. The third kappa shape index (κ3) is 3.72. The third-order valence-corrected chi connectivity index (χ3v) is 4.13. The molecule has 1 atom stereocenters. The van der Waals surface area contributed by atoms with Crippen LogP contribution in [-0.2, 0) is 4.74 Å². The Morgan fingerprint density at radius 2 is 2.05 bits per heavy atom. The van der Waals surface area contributed by atoms with Crippen molar-refractivity contribution >= 4 is 0 Å². The minimum atomic E-state index is 0.353. The van der Waals surface area contributed by atoms with E-state index in [9.17, 15) is 0 Å². The molecule has 1 aliphatic carbocycles. The van der Waals surface area contributed by atoms with E-state index in [-0.39, 0.29) is 0 Å². The number of rotatable bonds is 7. The van der Waals surface area contributed by atoms with Crippen LogP contribution in [0, 0.1) is 0 Å². The molecule has 0 spiro atoms. The highest BCUT2D eigenvalue weighted by Gasteiger charge is 2.29. The maximum atomic E-state index is 5.32. The summed E-state index contributed by atoms with van der Waals surface area (Å²) in [4.78, 5) is 2.24. The Morgan fingerprint density at radius 1 is 1.30 bits per heavy atom. The van der Waals surface area contributed by atoms with E-state index < -0.39 is 0 Å². The maximum Gasteiger partial charge on any atom is 0.119 e. The molecule has 1 saturated carbocycles. The van der Waals surface area contributed by atoms with Crippen LogP contribution in [0.25, 0.3) is 0 Å². The van der Waals surface area contributed by atoms with E-state index in [4.69, 9.17) is 9.47 Å². The molecular weight excluding hydrogens is 252 g/mol. The van der Waals surface area contributed by atoms with Crippen molar-refractivity contribution in [1.29, 1.82) is 0 Å². The molecule has 4 nitrogen and oxygen atoms in total. The SMILES string of the molecule is COc1cccc(C(CNC2CC(OC)C2)N(C)C)c1. The predicted octanol–water partition coefficient (Wildman–Crippen LogP) is 2.06. The second kappa shape index (κ2) is 7.07. The lowest BCUT2D eigenvalue weighted by molar-refractivity contribution is 0.0159. The van der Waals surface area contributed by atoms with Crippen molar-refractivity contribution < 1.29 is 9.47 Å². The second-order valence-electron chi connectivity index (χ2n) is 5.69. The fraction of sp³-hybridized carbons (Fsp3) is 0.625. The van der Waals surface area contributed by atoms with Gasteiger partial charge in [-0.2, -0.15) is 0 Å². The van der Waals surface area contributed by atoms with E-state index in [0.717, 1.165) is 25.1 Å². The van der Waals surface area contributed by atoms with Crippen LogP contribution in [0.4, 0.5) is 0 Å². The van der Waals surface area contributed by atoms with Crippen molar-refractivity contribution in [2.75, 3.05) is 34.9 Å². The molecule has 0 bridgehead atoms. The van der Waals surface area contributed by atoms with E-state index in [1.165, 1.54) is 5.56 Å². The molecule has 112 valence electrons. The van der Waals surface area contributed by atoms with Crippen LogP contribution >= 0.6 is 0 Å². The van der Waals surface area contributed by atoms with Gasteiger partial charge in [-0.3, -0.25) is 0 Å². The van der Waals surface area contributed by atoms with Crippen LogP contribution in [0.15, 0.2) is 24.3 Å². The number of nitrogens with zero attached hydrogens (tertiary/aromatic N) is 1. The second-order valence-corrected chi connectivity index (χ2v) is 5.69. The molecule has 0 saturated heterocycles. The summed E-state index contributed by atoms with van der Waals surface area (Å²) >= 11 is 0. The van der Waals surface area contributed by atoms with Crippen molar-refractivity contribution in [3.63, 3.8) is 0 Å². The van der Waals surface area contributed by atoms with Crippen LogP contribution in [-0.4, -0.2) is 51.9 Å². The number of hydrogen-bond donors (Lipinski definition) is 1. The predicted molar refractivity (Wildman–Crippen MR) is 81.2 cm³/mol. The van der Waals surface area contributed by atoms with Crippen LogP contribution in [0.5, 0.6) is 5.75 Å². The van der Waals surface area contributed by atoms with Gasteiger partial charge in [-0.25, -0.2) is 0 Å². The molecule has 4 heteroatoms. The standard InChI is InChI=1S/C16H26N2O2/c1-18(2)16(11-17-13-9-15(10-13)20-4)12-6-5-7-14(8-12)19-3/h5-8,13,15-17H,9-11H2,1-4H3. The molecular formula is C16H26N2O2. The Labute approximate surface area is 122 Å². The number of methoxy groups -OCH3 is 2. The normalized spacial score (nSPS) is 23.4. The Bertz CT molecular complexity index is 417. The van der Waals surface area contributed by atoms with Gasteiger partial charge in [0.25, 0.3) is 0 Å². The zero-order valence-electron chi connectivity index (χ0n) is 12.9. The number of benzene rings is 1. The summed E-state index contributed by atoms with van der Waals surface area (Å²) in [5.41, 5.74) is 1.28. The molecule has 0 heterocycles. The van der Waals surface area contributed by atoms with Crippen molar-refractivity contribution in [1.82, 2.24) is 10.2 Å². The van der Waals surface area contributed by atoms with Crippen molar-refractivity contribution in [3.05, 3.63) is 29.8 Å². The van der Waals surface area contributed by atoms with Gasteiger partial charge >= 0.3 is 0 Å². The van der Waals surface area contributed by atoms with Gasteiger partial charge in [0, 0.05) is 25.7 Å². The number of ether oxygens (including phenoxy) is 2. The smallest absolute Gasteiger partial charge is 0.119 e. The first kappa shape index (κ1) is 15.3. The molecule has 1 unspecified atom stereocenters. The maximum absolute atomic E-state index is 5.32. The van der Waals surface area contributed by atoms with Crippen LogP contribution in [0.1, 0.15) is 24.4 Å². The van der Waals surface area contributed by atoms with Gasteiger partial charge in [-0.05, 0) is 44.6 Å². The van der Waals surface area contributed by atoms with E-state index in [2.05, 4.69) is 42.5 Å². The summed E-state index contributed by atoms with van der Waals surface area (Å²) in [5.74, 6) is 0.914. The summed E-state index contributed by atoms with van der Waals surface area (Å²) < 4.78 is 10.6. The molecule has 20 heavy (non-hydrogen) atoms. The van der Waals surface area contributed by atoms with Crippen LogP contribution in [0.3, 0.4) is 0 Å². The monoisotopic (exact) mass is 278 g/mol. The van der Waals surface area contributed by atoms with E-state index >= 15 is 0 Å². The van der Waals surface area contributed by atoms with E-state index in [0.29, 0.717) is 18.2 Å². The van der Waals surface area contributed by atoms with Gasteiger partial charge < -0.3 is 19.7 Å². The van der Waals surface area contributed by atoms with Gasteiger partial charge in [0.15, 0.2) is 0 Å². The number of nitrogens with one attached hydrogen (secondary N) is 1. The Balaban J connectivity index is 1.93. The minimum absolute atomic E-state index is 0.353. The molecule has 0 amide bonds. The third-order valence-electron chi connectivity index (χ3n) is 4.13. The topological polar surface area (TPSA) is 33.7 Å². The van der Waals surface area contributed by atoms with Crippen LogP contribution < -0.4 is 10.1 Å². The minimum Gasteiger partial charge on any atom is -0.497 e. The molecule has 2 rings (SSSR count). The Morgan fingerprint density at radius 3 is 2.65 bits per heavy atom. The van der Waals surface area contributed by atoms with E-state index in [1.54, 1.807) is 14.2 Å². The van der Waals surface area contributed by atoms with Crippen molar-refractivity contribution in [3.8, 4) is 5.75 Å². The molecule has 1 aromatic carbocycles. The lowest BCUT2D eigenvalue weighted by Crippen LogP contribution is -2.47. The summed E-state index contributed by atoms with van der Waals surface area (Å²) in [5, 5.41) is 3.64. The Hall–Kier alpha value is -1.10. The van der Waals surface area contributed by atoms with E-state index in [1.807, 2.05) is 6.07 Å². The number of likely N-dealkylation sites (N-methyl/N-ethyl adjacent to an activating group) is 1. The highest BCUT2D eigenvalue weighted by Crippen LogP contribution is 2.25. The zero-order chi connectivity index (χ0) is 14.5. The molecule has 1 N–H and O–H groups in total. The average Bonchev–Trinajstić information content (AvgIpc) is 2.41. The fourth-order valence-corrected chi connectivity index (χ4v) is 2.65. The highest BCUT2D eigenvalue weighted by atomic mass is 16.5. The lowest BCUT2D eigenvalue weighted by atomic mass is 9.89. The lowest BCUT2D eigenvalue weighted by Gasteiger charge is -2.36. The summed E-state index contributed by atoms with van der Waals surface area (Å²) in [7, 11) is 7.73. The molecule has 1 aliphatic rings. The van der Waals surface area contributed by atoms with Gasteiger partial charge in [0.2, 0.25) is 0 Å². The van der Waals surface area contributed by atoms with Crippen LogP contribution in [0.2, 0.25) is 0 Å². The first-order valence-corrected chi connectivity index (χ1v) is 7.20. The quantitative estimate of drug-likeness (QED) is 0.828. The van der Waals surface area contributed by atoms with Gasteiger partial charge in [-0.15, -0.1) is 0 Å². The Kier molecular flexibility index (Phi) is 5.40. The first-order valence-electron chi connectivity index (χ1n) is 7.20. The molecule has 1 aromatic rings. The molecule has 1 fully saturated rings. The summed E-state index contributed by atoms with van der Waals surface area (Å²) in [6.45, 7) is 0.946. The highest BCUT2D eigenvalue weighted by molar-refractivity contribution is 5.30. The summed E-state index contributed by atoms with van der Waals surface area (Å²) in [6, 6.07) is 9.26. The van der Waals surface area contributed by atoms with Gasteiger partial charge in [-0.1, -0.05) is 12.1 Å². The average molecular weight is 278 g/mol. The van der Waals surface area contributed by atoms with Gasteiger partial charge in [0.1, 0.15) is 5.75 Å². The first-order chi connectivity index (χ1) is 9.63. The molecule has 0 aromatic heterocycles. The fourth-order valence-electron chi connectivity index (χ4n) is 2.65.